The largest absolute Gasteiger partial charge is 0.335 e. The molecular weight excluding hydrogens is 379 g/mol. The number of amides is 2. The maximum absolute atomic E-state index is 13.1. The number of nitrogens with one attached hydrogen (secondary N) is 1. The molecule has 2 aromatic rings. The number of thiazole rings is 1. The lowest BCUT2D eigenvalue weighted by Crippen LogP contribution is -2.48. The van der Waals surface area contributed by atoms with E-state index in [0.29, 0.717) is 48.6 Å². The van der Waals surface area contributed by atoms with Crippen LogP contribution in [-0.4, -0.2) is 52.8 Å². The Kier molecular flexibility index (Phi) is 5.85. The van der Waals surface area contributed by atoms with Gasteiger partial charge in [-0.25, -0.2) is 9.37 Å². The zero-order valence-corrected chi connectivity index (χ0v) is 15.7. The summed E-state index contributed by atoms with van der Waals surface area (Å²) in [5, 5.41) is 5.06. The van der Waals surface area contributed by atoms with Crippen molar-refractivity contribution in [2.45, 2.75) is 13.5 Å². The Bertz CT molecular complexity index is 821. The van der Waals surface area contributed by atoms with E-state index in [4.69, 9.17) is 11.6 Å². The van der Waals surface area contributed by atoms with Crippen molar-refractivity contribution in [3.63, 3.8) is 0 Å². The van der Waals surface area contributed by atoms with Gasteiger partial charge in [0.05, 0.1) is 0 Å². The molecule has 138 valence electrons. The molecule has 3 rings (SSSR count). The Morgan fingerprint density at radius 3 is 2.69 bits per heavy atom. The van der Waals surface area contributed by atoms with Crippen LogP contribution in [0.5, 0.6) is 0 Å². The Morgan fingerprint density at radius 2 is 2.04 bits per heavy atom. The average Bonchev–Trinajstić information content (AvgIpc) is 3.05. The Balaban J connectivity index is 1.55. The van der Waals surface area contributed by atoms with Gasteiger partial charge in [-0.2, -0.15) is 0 Å². The average molecular weight is 397 g/mol. The fourth-order valence-corrected chi connectivity index (χ4v) is 3.70. The van der Waals surface area contributed by atoms with Gasteiger partial charge in [-0.3, -0.25) is 14.5 Å². The molecule has 0 bridgehead atoms. The van der Waals surface area contributed by atoms with E-state index in [2.05, 4.69) is 15.2 Å². The number of anilines is 1. The minimum absolute atomic E-state index is 0.141. The van der Waals surface area contributed by atoms with Crippen molar-refractivity contribution >= 4 is 39.9 Å². The molecular formula is C17H18ClFN4O2S. The Hall–Kier alpha value is -2.03. The zero-order chi connectivity index (χ0) is 18.7. The molecule has 2 amide bonds. The lowest BCUT2D eigenvalue weighted by molar-refractivity contribution is -0.114. The third kappa shape index (κ3) is 4.57. The summed E-state index contributed by atoms with van der Waals surface area (Å²) in [5.74, 6) is -0.709. The maximum atomic E-state index is 13.1. The van der Waals surface area contributed by atoms with Gasteiger partial charge < -0.3 is 10.2 Å². The first kappa shape index (κ1) is 18.8. The highest BCUT2D eigenvalue weighted by atomic mass is 35.5. The smallest absolute Gasteiger partial charge is 0.273 e. The summed E-state index contributed by atoms with van der Waals surface area (Å²) in [4.78, 5) is 31.7. The molecule has 1 aliphatic rings. The number of carbonyl (C=O) groups excluding carboxylic acids is 2. The molecule has 0 unspecified atom stereocenters. The van der Waals surface area contributed by atoms with Crippen LogP contribution in [0.3, 0.4) is 0 Å². The van der Waals surface area contributed by atoms with Gasteiger partial charge in [0.15, 0.2) is 5.13 Å². The van der Waals surface area contributed by atoms with E-state index in [0.717, 1.165) is 5.56 Å². The molecule has 1 fully saturated rings. The lowest BCUT2D eigenvalue weighted by Gasteiger charge is -2.34. The van der Waals surface area contributed by atoms with Crippen LogP contribution >= 0.6 is 22.9 Å². The van der Waals surface area contributed by atoms with Gasteiger partial charge in [0.2, 0.25) is 5.91 Å². The van der Waals surface area contributed by atoms with Crippen LogP contribution in [-0.2, 0) is 11.3 Å². The van der Waals surface area contributed by atoms with E-state index in [-0.39, 0.29) is 17.6 Å². The summed E-state index contributed by atoms with van der Waals surface area (Å²) < 4.78 is 13.1. The van der Waals surface area contributed by atoms with Crippen LogP contribution < -0.4 is 5.32 Å². The number of rotatable bonds is 4. The Labute approximate surface area is 159 Å². The van der Waals surface area contributed by atoms with Crippen LogP contribution in [0, 0.1) is 5.82 Å². The fraction of sp³-hybridized carbons (Fsp3) is 0.353. The van der Waals surface area contributed by atoms with Crippen molar-refractivity contribution in [2.24, 2.45) is 0 Å². The molecule has 6 nitrogen and oxygen atoms in total. The van der Waals surface area contributed by atoms with Crippen molar-refractivity contribution in [3.05, 3.63) is 45.7 Å². The number of halogens is 2. The molecule has 1 aromatic carbocycles. The monoisotopic (exact) mass is 396 g/mol. The summed E-state index contributed by atoms with van der Waals surface area (Å²) in [6.07, 6.45) is 0. The number of aromatic nitrogens is 1. The van der Waals surface area contributed by atoms with Crippen molar-refractivity contribution in [2.75, 3.05) is 31.5 Å². The van der Waals surface area contributed by atoms with Gasteiger partial charge in [-0.05, 0) is 17.7 Å². The zero-order valence-electron chi connectivity index (χ0n) is 14.2. The SMILES string of the molecule is CC(=O)Nc1nc(C(=O)N2CCN(Cc3ccc(F)cc3Cl)CC2)cs1. The second kappa shape index (κ2) is 8.11. The summed E-state index contributed by atoms with van der Waals surface area (Å²) in [7, 11) is 0. The molecule has 2 heterocycles. The van der Waals surface area contributed by atoms with Crippen LogP contribution in [0.2, 0.25) is 5.02 Å². The van der Waals surface area contributed by atoms with Gasteiger partial charge in [-0.1, -0.05) is 17.7 Å². The molecule has 1 aromatic heterocycles. The second-order valence-electron chi connectivity index (χ2n) is 6.02. The van der Waals surface area contributed by atoms with Crippen LogP contribution in [0.1, 0.15) is 23.0 Å². The standard InChI is InChI=1S/C17H18ClFN4O2S/c1-11(24)20-17-21-15(10-26-17)16(25)23-6-4-22(5-7-23)9-12-2-3-13(19)8-14(12)18/h2-3,8,10H,4-7,9H2,1H3,(H,20,21,24). The summed E-state index contributed by atoms with van der Waals surface area (Å²) in [5.41, 5.74) is 1.21. The molecule has 0 aliphatic carbocycles. The van der Waals surface area contributed by atoms with E-state index in [1.165, 1.54) is 30.4 Å². The first-order valence-corrected chi connectivity index (χ1v) is 9.37. The van der Waals surface area contributed by atoms with E-state index in [1.807, 2.05) is 0 Å². The number of hydrogen-bond acceptors (Lipinski definition) is 5. The van der Waals surface area contributed by atoms with Crippen LogP contribution in [0.15, 0.2) is 23.6 Å². The minimum atomic E-state index is -0.351. The fourth-order valence-electron chi connectivity index (χ4n) is 2.74. The third-order valence-corrected chi connectivity index (χ3v) is 5.18. The predicted octanol–water partition coefficient (Wildman–Crippen LogP) is 2.85. The van der Waals surface area contributed by atoms with Gasteiger partial charge >= 0.3 is 0 Å². The minimum Gasteiger partial charge on any atom is -0.335 e. The van der Waals surface area contributed by atoms with Gasteiger partial charge in [0.1, 0.15) is 11.5 Å². The maximum Gasteiger partial charge on any atom is 0.273 e. The predicted molar refractivity (Wildman–Crippen MR) is 99.0 cm³/mol. The first-order chi connectivity index (χ1) is 12.4. The highest BCUT2D eigenvalue weighted by molar-refractivity contribution is 7.14. The number of nitrogens with zero attached hydrogens (tertiary/aromatic N) is 3. The Morgan fingerprint density at radius 1 is 1.31 bits per heavy atom. The molecule has 1 aliphatic heterocycles. The van der Waals surface area contributed by atoms with E-state index in [9.17, 15) is 14.0 Å². The number of benzene rings is 1. The normalized spacial score (nSPS) is 15.1. The summed E-state index contributed by atoms with van der Waals surface area (Å²) >= 11 is 7.31. The highest BCUT2D eigenvalue weighted by Gasteiger charge is 2.24. The molecule has 1 N–H and O–H groups in total. The highest BCUT2D eigenvalue weighted by Crippen LogP contribution is 2.21. The third-order valence-electron chi connectivity index (χ3n) is 4.07. The van der Waals surface area contributed by atoms with Crippen molar-refractivity contribution in [3.8, 4) is 0 Å². The summed E-state index contributed by atoms with van der Waals surface area (Å²) in [6, 6.07) is 4.40. The van der Waals surface area contributed by atoms with Gasteiger partial charge in [-0.15, -0.1) is 11.3 Å². The molecule has 0 atom stereocenters. The van der Waals surface area contributed by atoms with Crippen molar-refractivity contribution in [1.29, 1.82) is 0 Å². The van der Waals surface area contributed by atoms with Crippen molar-refractivity contribution in [1.82, 2.24) is 14.8 Å². The van der Waals surface area contributed by atoms with Crippen LogP contribution in [0.25, 0.3) is 0 Å². The van der Waals surface area contributed by atoms with Gasteiger partial charge in [0.25, 0.3) is 5.91 Å². The summed E-state index contributed by atoms with van der Waals surface area (Å²) in [6.45, 7) is 4.56. The molecule has 9 heteroatoms. The van der Waals surface area contributed by atoms with Crippen molar-refractivity contribution < 1.29 is 14.0 Å². The topological polar surface area (TPSA) is 65.5 Å². The van der Waals surface area contributed by atoms with E-state index < -0.39 is 0 Å². The number of carbonyl (C=O) groups is 2. The molecule has 0 spiro atoms. The first-order valence-electron chi connectivity index (χ1n) is 8.11. The molecule has 1 saturated heterocycles. The lowest BCUT2D eigenvalue weighted by atomic mass is 10.2. The van der Waals surface area contributed by atoms with E-state index in [1.54, 1.807) is 16.3 Å². The second-order valence-corrected chi connectivity index (χ2v) is 7.29. The molecule has 26 heavy (non-hydrogen) atoms. The van der Waals surface area contributed by atoms with Gasteiger partial charge in [0, 0.05) is 50.1 Å². The number of piperazine rings is 1. The van der Waals surface area contributed by atoms with Crippen LogP contribution in [0.4, 0.5) is 9.52 Å². The van der Waals surface area contributed by atoms with E-state index >= 15 is 0 Å². The molecule has 0 radical (unpaired) electrons. The number of hydrogen-bond donors (Lipinski definition) is 1. The quantitative estimate of drug-likeness (QED) is 0.863. The molecule has 0 saturated carbocycles.